The lowest BCUT2D eigenvalue weighted by Crippen LogP contribution is -2.47. The van der Waals surface area contributed by atoms with Crippen molar-refractivity contribution < 1.29 is 14.3 Å². The number of guanidine groups is 1. The minimum atomic E-state index is -0.0806. The lowest BCUT2D eigenvalue weighted by atomic mass is 9.96. The molecule has 2 aliphatic rings. The fourth-order valence-electron chi connectivity index (χ4n) is 4.45. The quantitative estimate of drug-likeness (QED) is 0.240. The van der Waals surface area contributed by atoms with Crippen molar-refractivity contribution in [3.63, 3.8) is 0 Å². The predicted molar refractivity (Wildman–Crippen MR) is 139 cm³/mol. The van der Waals surface area contributed by atoms with E-state index in [2.05, 4.69) is 34.2 Å². The minimum Gasteiger partial charge on any atom is -0.497 e. The van der Waals surface area contributed by atoms with Crippen LogP contribution in [0, 0.1) is 11.8 Å². The number of hydrogen-bond acceptors (Lipinski definition) is 5. The summed E-state index contributed by atoms with van der Waals surface area (Å²) in [5.74, 6) is 2.48. The van der Waals surface area contributed by atoms with Crippen LogP contribution in [0.25, 0.3) is 0 Å². The number of carbonyl (C=O) groups excluding carboxylic acids is 1. The van der Waals surface area contributed by atoms with Crippen molar-refractivity contribution in [2.45, 2.75) is 39.2 Å². The van der Waals surface area contributed by atoms with Gasteiger partial charge in [0.1, 0.15) is 5.75 Å². The number of piperidine rings is 2. The summed E-state index contributed by atoms with van der Waals surface area (Å²) in [4.78, 5) is 21.6. The maximum atomic E-state index is 11.8. The standard InChI is InChI=1S/C24H38N4O3.HI/c1-4-25-24(28-15-11-21(12-16-28)23(29)31-3)26-17-19-9-13-27(14-10-19)18-20-5-7-22(30-2)8-6-20;/h5-8,19,21H,4,9-18H2,1-3H3,(H,25,26);1H. The smallest absolute Gasteiger partial charge is 0.308 e. The van der Waals surface area contributed by atoms with E-state index >= 15 is 0 Å². The molecule has 0 bridgehead atoms. The van der Waals surface area contributed by atoms with Gasteiger partial charge in [0, 0.05) is 32.7 Å². The Kier molecular flexibility index (Phi) is 11.6. The number of halogens is 1. The molecule has 7 nitrogen and oxygen atoms in total. The van der Waals surface area contributed by atoms with Crippen LogP contribution in [-0.4, -0.2) is 75.2 Å². The van der Waals surface area contributed by atoms with Gasteiger partial charge in [0.25, 0.3) is 0 Å². The average Bonchev–Trinajstić information content (AvgIpc) is 2.83. The van der Waals surface area contributed by atoms with E-state index in [0.717, 1.165) is 70.4 Å². The van der Waals surface area contributed by atoms with Crippen LogP contribution in [0.5, 0.6) is 5.75 Å². The number of benzene rings is 1. The van der Waals surface area contributed by atoms with Gasteiger partial charge in [-0.3, -0.25) is 14.7 Å². The second kappa shape index (κ2) is 13.9. The molecule has 0 atom stereocenters. The lowest BCUT2D eigenvalue weighted by molar-refractivity contribution is -0.146. The molecular formula is C24H39IN4O3. The molecule has 32 heavy (non-hydrogen) atoms. The Morgan fingerprint density at radius 2 is 1.72 bits per heavy atom. The number of hydrogen-bond donors (Lipinski definition) is 1. The van der Waals surface area contributed by atoms with Crippen molar-refractivity contribution in [2.24, 2.45) is 16.8 Å². The molecule has 8 heteroatoms. The summed E-state index contributed by atoms with van der Waals surface area (Å²) in [5.41, 5.74) is 1.34. The fourth-order valence-corrected chi connectivity index (χ4v) is 4.45. The SMILES string of the molecule is CCNC(=NCC1CCN(Cc2ccc(OC)cc2)CC1)N1CCC(C(=O)OC)CC1.I. The summed E-state index contributed by atoms with van der Waals surface area (Å²) in [6.07, 6.45) is 4.04. The van der Waals surface area contributed by atoms with E-state index in [9.17, 15) is 4.79 Å². The number of likely N-dealkylation sites (tertiary alicyclic amines) is 2. The molecule has 0 aliphatic carbocycles. The zero-order valence-corrected chi connectivity index (χ0v) is 22.0. The van der Waals surface area contributed by atoms with Crippen LogP contribution >= 0.6 is 24.0 Å². The van der Waals surface area contributed by atoms with Gasteiger partial charge in [-0.1, -0.05) is 12.1 Å². The van der Waals surface area contributed by atoms with Gasteiger partial charge in [-0.05, 0) is 69.3 Å². The second-order valence-electron chi connectivity index (χ2n) is 8.55. The molecule has 0 amide bonds. The van der Waals surface area contributed by atoms with E-state index in [-0.39, 0.29) is 35.9 Å². The van der Waals surface area contributed by atoms with Crippen molar-refractivity contribution in [3.8, 4) is 5.75 Å². The summed E-state index contributed by atoms with van der Waals surface area (Å²) in [6, 6.07) is 8.38. The second-order valence-corrected chi connectivity index (χ2v) is 8.55. The molecule has 0 spiro atoms. The van der Waals surface area contributed by atoms with Crippen LogP contribution in [0.3, 0.4) is 0 Å². The average molecular weight is 559 g/mol. The van der Waals surface area contributed by atoms with Gasteiger partial charge < -0.3 is 19.7 Å². The maximum Gasteiger partial charge on any atom is 0.308 e. The highest BCUT2D eigenvalue weighted by Crippen LogP contribution is 2.22. The van der Waals surface area contributed by atoms with E-state index in [1.165, 1.54) is 25.5 Å². The van der Waals surface area contributed by atoms with E-state index in [1.54, 1.807) is 7.11 Å². The molecule has 1 aromatic rings. The maximum absolute atomic E-state index is 11.8. The minimum absolute atomic E-state index is 0. The normalized spacial score (nSPS) is 18.7. The predicted octanol–water partition coefficient (Wildman–Crippen LogP) is 3.38. The monoisotopic (exact) mass is 558 g/mol. The Morgan fingerprint density at radius 1 is 1.06 bits per heavy atom. The van der Waals surface area contributed by atoms with E-state index in [0.29, 0.717) is 5.92 Å². The van der Waals surface area contributed by atoms with E-state index < -0.39 is 0 Å². The summed E-state index contributed by atoms with van der Waals surface area (Å²) >= 11 is 0. The van der Waals surface area contributed by atoms with Crippen LogP contribution in [0.15, 0.2) is 29.3 Å². The molecule has 2 aliphatic heterocycles. The van der Waals surface area contributed by atoms with Gasteiger partial charge in [0.15, 0.2) is 5.96 Å². The molecule has 0 radical (unpaired) electrons. The van der Waals surface area contributed by atoms with Crippen molar-refractivity contribution in [1.82, 2.24) is 15.1 Å². The van der Waals surface area contributed by atoms with Crippen LogP contribution in [0.1, 0.15) is 38.2 Å². The first-order chi connectivity index (χ1) is 15.1. The molecule has 180 valence electrons. The molecule has 1 N–H and O–H groups in total. The zero-order valence-electron chi connectivity index (χ0n) is 19.7. The van der Waals surface area contributed by atoms with Gasteiger partial charge >= 0.3 is 5.97 Å². The van der Waals surface area contributed by atoms with Crippen LogP contribution in [-0.2, 0) is 16.1 Å². The number of nitrogens with one attached hydrogen (secondary N) is 1. The Morgan fingerprint density at radius 3 is 2.28 bits per heavy atom. The third kappa shape index (κ3) is 7.79. The first-order valence-electron chi connectivity index (χ1n) is 11.6. The third-order valence-corrected chi connectivity index (χ3v) is 6.44. The number of rotatable bonds is 7. The van der Waals surface area contributed by atoms with Crippen molar-refractivity contribution >= 4 is 35.9 Å². The van der Waals surface area contributed by atoms with Crippen molar-refractivity contribution in [2.75, 3.05) is 53.5 Å². The van der Waals surface area contributed by atoms with E-state index in [1.807, 2.05) is 12.1 Å². The molecule has 3 rings (SSSR count). The Balaban J connectivity index is 0.00000363. The molecule has 0 saturated carbocycles. The molecule has 0 unspecified atom stereocenters. The number of aliphatic imine (C=N–C) groups is 1. The molecular weight excluding hydrogens is 519 g/mol. The summed E-state index contributed by atoms with van der Waals surface area (Å²) in [7, 11) is 3.18. The third-order valence-electron chi connectivity index (χ3n) is 6.44. The molecule has 2 fully saturated rings. The lowest BCUT2D eigenvalue weighted by Gasteiger charge is -2.34. The van der Waals surface area contributed by atoms with Crippen LogP contribution in [0.2, 0.25) is 0 Å². The Labute approximate surface area is 209 Å². The van der Waals surface area contributed by atoms with Crippen molar-refractivity contribution in [3.05, 3.63) is 29.8 Å². The summed E-state index contributed by atoms with van der Waals surface area (Å²) in [6.45, 7) is 8.77. The van der Waals surface area contributed by atoms with Crippen LogP contribution < -0.4 is 10.1 Å². The van der Waals surface area contributed by atoms with Gasteiger partial charge in [-0.25, -0.2) is 0 Å². The van der Waals surface area contributed by atoms with Gasteiger partial charge in [0.2, 0.25) is 0 Å². The summed E-state index contributed by atoms with van der Waals surface area (Å²) < 4.78 is 10.1. The number of carbonyl (C=O) groups is 1. The first kappa shape index (κ1) is 26.7. The molecule has 1 aromatic carbocycles. The number of ether oxygens (including phenoxy) is 2. The topological polar surface area (TPSA) is 66.4 Å². The van der Waals surface area contributed by atoms with E-state index in [4.69, 9.17) is 14.5 Å². The molecule has 2 saturated heterocycles. The van der Waals surface area contributed by atoms with Gasteiger partial charge in [0.05, 0.1) is 20.1 Å². The van der Waals surface area contributed by atoms with Crippen molar-refractivity contribution in [1.29, 1.82) is 0 Å². The van der Waals surface area contributed by atoms with Gasteiger partial charge in [-0.2, -0.15) is 0 Å². The highest BCUT2D eigenvalue weighted by molar-refractivity contribution is 14.0. The largest absolute Gasteiger partial charge is 0.497 e. The van der Waals surface area contributed by atoms with Gasteiger partial charge in [-0.15, -0.1) is 24.0 Å². The highest BCUT2D eigenvalue weighted by Gasteiger charge is 2.27. The zero-order chi connectivity index (χ0) is 22.1. The number of esters is 1. The summed E-state index contributed by atoms with van der Waals surface area (Å²) in [5, 5.41) is 3.44. The Hall–Kier alpha value is -1.55. The van der Waals surface area contributed by atoms with Crippen LogP contribution in [0.4, 0.5) is 0 Å². The number of nitrogens with zero attached hydrogens (tertiary/aromatic N) is 3. The molecule has 0 aromatic heterocycles. The fraction of sp³-hybridized carbons (Fsp3) is 0.667. The first-order valence-corrected chi connectivity index (χ1v) is 11.6. The molecule has 2 heterocycles. The Bertz CT molecular complexity index is 712. The number of methoxy groups -OCH3 is 2. The highest BCUT2D eigenvalue weighted by atomic mass is 127.